The van der Waals surface area contributed by atoms with Crippen LogP contribution in [0, 0.1) is 0 Å². The van der Waals surface area contributed by atoms with E-state index >= 15 is 0 Å². The van der Waals surface area contributed by atoms with Gasteiger partial charge in [0.15, 0.2) is 6.10 Å². The Bertz CT molecular complexity index is 1280. The second-order valence-electron chi connectivity index (χ2n) is 20.6. The van der Waals surface area contributed by atoms with Gasteiger partial charge in [0, 0.05) is 19.3 Å². The Kier molecular flexibility index (Phi) is 57.2. The molecule has 412 valence electrons. The summed E-state index contributed by atoms with van der Waals surface area (Å²) >= 11 is 0. The van der Waals surface area contributed by atoms with Gasteiger partial charge in [0.05, 0.1) is 0 Å². The molecule has 0 N–H and O–H groups in total. The standard InChI is InChI=1S/C65H116O6/c1-4-7-10-13-16-19-22-25-28-31-32-35-37-40-43-46-49-52-55-58-64(67)70-61-62(71-65(68)59-56-53-50-47-44-41-38-34-30-27-24-21-18-15-12-9-6-3)60-69-63(66)57-54-51-48-45-42-39-36-33-29-26-23-20-17-14-11-8-5-2/h16,18-19,21,25,27-28,30,32,35,62H,4-15,17,20,22-24,26,29,31,33-34,36-61H2,1-3H3/b19-16-,21-18-,28-25-,30-27-,35-32-/t62-/m1/s1. The Morgan fingerprint density at radius 3 is 0.817 bits per heavy atom. The van der Waals surface area contributed by atoms with Crippen molar-refractivity contribution in [3.05, 3.63) is 60.8 Å². The molecule has 0 saturated carbocycles. The minimum Gasteiger partial charge on any atom is -0.462 e. The molecule has 0 radical (unpaired) electrons. The van der Waals surface area contributed by atoms with Crippen molar-refractivity contribution >= 4 is 17.9 Å². The van der Waals surface area contributed by atoms with Crippen molar-refractivity contribution < 1.29 is 28.6 Å². The second kappa shape index (κ2) is 59.7. The molecule has 0 amide bonds. The number of unbranched alkanes of at least 4 members (excludes halogenated alkanes) is 35. The Balaban J connectivity index is 4.39. The summed E-state index contributed by atoms with van der Waals surface area (Å²) in [5.41, 5.74) is 0. The summed E-state index contributed by atoms with van der Waals surface area (Å²) in [5.74, 6) is -0.883. The lowest BCUT2D eigenvalue weighted by atomic mass is 10.0. The van der Waals surface area contributed by atoms with Crippen LogP contribution in [0.2, 0.25) is 0 Å². The van der Waals surface area contributed by atoms with Crippen molar-refractivity contribution in [1.82, 2.24) is 0 Å². The van der Waals surface area contributed by atoms with Crippen molar-refractivity contribution in [3.63, 3.8) is 0 Å². The molecule has 0 aliphatic heterocycles. The summed E-state index contributed by atoms with van der Waals surface area (Å²) < 4.78 is 16.9. The van der Waals surface area contributed by atoms with E-state index in [2.05, 4.69) is 81.5 Å². The fourth-order valence-electron chi connectivity index (χ4n) is 8.83. The third-order valence-corrected chi connectivity index (χ3v) is 13.5. The highest BCUT2D eigenvalue weighted by Crippen LogP contribution is 2.16. The minimum atomic E-state index is -0.783. The van der Waals surface area contributed by atoms with Gasteiger partial charge in [-0.3, -0.25) is 14.4 Å². The molecule has 0 fully saturated rings. The molecule has 6 nitrogen and oxygen atoms in total. The molecule has 0 aromatic heterocycles. The minimum absolute atomic E-state index is 0.0789. The van der Waals surface area contributed by atoms with Crippen LogP contribution in [0.3, 0.4) is 0 Å². The molecule has 0 bridgehead atoms. The van der Waals surface area contributed by atoms with E-state index in [0.29, 0.717) is 19.3 Å². The normalized spacial score (nSPS) is 12.4. The second-order valence-corrected chi connectivity index (χ2v) is 20.6. The summed E-state index contributed by atoms with van der Waals surface area (Å²) in [6.07, 6.45) is 74.9. The van der Waals surface area contributed by atoms with E-state index in [9.17, 15) is 14.4 Å². The maximum atomic E-state index is 12.9. The molecule has 0 spiro atoms. The number of carbonyl (C=O) groups is 3. The van der Waals surface area contributed by atoms with E-state index in [-0.39, 0.29) is 31.1 Å². The van der Waals surface area contributed by atoms with Gasteiger partial charge >= 0.3 is 17.9 Å². The lowest BCUT2D eigenvalue weighted by molar-refractivity contribution is -0.167. The monoisotopic (exact) mass is 993 g/mol. The van der Waals surface area contributed by atoms with Gasteiger partial charge in [-0.15, -0.1) is 0 Å². The number of hydrogen-bond acceptors (Lipinski definition) is 6. The topological polar surface area (TPSA) is 78.9 Å². The van der Waals surface area contributed by atoms with Gasteiger partial charge in [-0.2, -0.15) is 0 Å². The van der Waals surface area contributed by atoms with Crippen LogP contribution in [0.4, 0.5) is 0 Å². The fourth-order valence-corrected chi connectivity index (χ4v) is 8.83. The molecular formula is C65H116O6. The first-order valence-corrected chi connectivity index (χ1v) is 30.8. The van der Waals surface area contributed by atoms with E-state index in [0.717, 1.165) is 89.9 Å². The first-order chi connectivity index (χ1) is 35.0. The molecule has 0 aromatic carbocycles. The fraction of sp³-hybridized carbons (Fsp3) is 0.800. The van der Waals surface area contributed by atoms with Gasteiger partial charge in [0.1, 0.15) is 13.2 Å². The molecule has 0 rings (SSSR count). The van der Waals surface area contributed by atoms with Gasteiger partial charge in [0.25, 0.3) is 0 Å². The van der Waals surface area contributed by atoms with Crippen molar-refractivity contribution in [2.45, 2.75) is 322 Å². The van der Waals surface area contributed by atoms with Crippen LogP contribution >= 0.6 is 0 Å². The molecule has 0 aliphatic rings. The molecule has 0 heterocycles. The first kappa shape index (κ1) is 68.1. The van der Waals surface area contributed by atoms with Crippen LogP contribution in [0.1, 0.15) is 316 Å². The van der Waals surface area contributed by atoms with Crippen molar-refractivity contribution in [3.8, 4) is 0 Å². The average molecular weight is 994 g/mol. The maximum Gasteiger partial charge on any atom is 0.306 e. The molecular weight excluding hydrogens is 877 g/mol. The van der Waals surface area contributed by atoms with E-state index in [1.807, 2.05) is 0 Å². The van der Waals surface area contributed by atoms with Crippen LogP contribution < -0.4 is 0 Å². The third kappa shape index (κ3) is 57.9. The Hall–Kier alpha value is -2.89. The van der Waals surface area contributed by atoms with Crippen molar-refractivity contribution in [2.24, 2.45) is 0 Å². The van der Waals surface area contributed by atoms with Crippen LogP contribution in [0.25, 0.3) is 0 Å². The zero-order chi connectivity index (χ0) is 51.4. The molecule has 0 unspecified atom stereocenters. The molecule has 6 heteroatoms. The van der Waals surface area contributed by atoms with Gasteiger partial charge in [-0.25, -0.2) is 0 Å². The largest absolute Gasteiger partial charge is 0.462 e. The highest BCUT2D eigenvalue weighted by atomic mass is 16.6. The number of ether oxygens (including phenoxy) is 3. The van der Waals surface area contributed by atoms with Crippen molar-refractivity contribution in [1.29, 1.82) is 0 Å². The van der Waals surface area contributed by atoms with Crippen LogP contribution in [-0.4, -0.2) is 37.2 Å². The smallest absolute Gasteiger partial charge is 0.306 e. The number of esters is 3. The lowest BCUT2D eigenvalue weighted by Gasteiger charge is -2.18. The van der Waals surface area contributed by atoms with E-state index in [4.69, 9.17) is 14.2 Å². The zero-order valence-corrected chi connectivity index (χ0v) is 47.2. The van der Waals surface area contributed by atoms with Crippen LogP contribution in [0.15, 0.2) is 60.8 Å². The molecule has 71 heavy (non-hydrogen) atoms. The predicted octanol–water partition coefficient (Wildman–Crippen LogP) is 20.8. The average Bonchev–Trinajstić information content (AvgIpc) is 3.37. The van der Waals surface area contributed by atoms with E-state index in [1.54, 1.807) is 0 Å². The first-order valence-electron chi connectivity index (χ1n) is 30.8. The highest BCUT2D eigenvalue weighted by Gasteiger charge is 2.19. The summed E-state index contributed by atoms with van der Waals surface area (Å²) in [6.45, 7) is 6.61. The van der Waals surface area contributed by atoms with Gasteiger partial charge in [0.2, 0.25) is 0 Å². The van der Waals surface area contributed by atoms with Crippen LogP contribution in [0.5, 0.6) is 0 Å². The summed E-state index contributed by atoms with van der Waals surface area (Å²) in [5, 5.41) is 0. The number of hydrogen-bond donors (Lipinski definition) is 0. The Morgan fingerprint density at radius 1 is 0.282 bits per heavy atom. The quantitative estimate of drug-likeness (QED) is 0.0261. The van der Waals surface area contributed by atoms with Gasteiger partial charge in [-0.05, 0) is 89.9 Å². The van der Waals surface area contributed by atoms with Crippen LogP contribution in [-0.2, 0) is 28.6 Å². The van der Waals surface area contributed by atoms with E-state index < -0.39 is 6.10 Å². The number of allylic oxidation sites excluding steroid dienone is 10. The van der Waals surface area contributed by atoms with Gasteiger partial charge < -0.3 is 14.2 Å². The summed E-state index contributed by atoms with van der Waals surface area (Å²) in [4.78, 5) is 38.3. The zero-order valence-electron chi connectivity index (χ0n) is 47.2. The SMILES string of the molecule is CCCCC/C=C\C/C=C\C/C=C\CCCCCCCCC(=O)OC[C@@H](COC(=O)CCCCCCCCCCCCCCCCCCC)OC(=O)CCCCCCCCC/C=C\C/C=C\CCCCC. The predicted molar refractivity (Wildman–Crippen MR) is 307 cm³/mol. The molecule has 1 atom stereocenters. The third-order valence-electron chi connectivity index (χ3n) is 13.5. The Labute approximate surface area is 440 Å². The number of carbonyl (C=O) groups excluding carboxylic acids is 3. The highest BCUT2D eigenvalue weighted by molar-refractivity contribution is 5.71. The summed E-state index contributed by atoms with van der Waals surface area (Å²) in [6, 6.07) is 0. The van der Waals surface area contributed by atoms with Crippen molar-refractivity contribution in [2.75, 3.05) is 13.2 Å². The van der Waals surface area contributed by atoms with Gasteiger partial charge in [-0.1, -0.05) is 268 Å². The Morgan fingerprint density at radius 2 is 0.507 bits per heavy atom. The number of rotatable bonds is 56. The van der Waals surface area contributed by atoms with E-state index in [1.165, 1.54) is 186 Å². The molecule has 0 aliphatic carbocycles. The maximum absolute atomic E-state index is 12.9. The lowest BCUT2D eigenvalue weighted by Crippen LogP contribution is -2.30. The summed E-state index contributed by atoms with van der Waals surface area (Å²) in [7, 11) is 0. The molecule has 0 saturated heterocycles. The molecule has 0 aromatic rings.